The van der Waals surface area contributed by atoms with Crippen molar-refractivity contribution in [1.82, 2.24) is 9.88 Å². The van der Waals surface area contributed by atoms with Crippen molar-refractivity contribution in [3.63, 3.8) is 0 Å². The Balaban J connectivity index is 1.20. The predicted molar refractivity (Wildman–Crippen MR) is 163 cm³/mol. The highest BCUT2D eigenvalue weighted by molar-refractivity contribution is 7.99. The Morgan fingerprint density at radius 3 is 2.18 bits per heavy atom. The number of hydrogen-bond acceptors (Lipinski definition) is 9. The first-order valence-corrected chi connectivity index (χ1v) is 15.4. The van der Waals surface area contributed by atoms with E-state index in [1.165, 1.54) is 29.5 Å². The van der Waals surface area contributed by atoms with Gasteiger partial charge in [0.15, 0.2) is 11.0 Å². The van der Waals surface area contributed by atoms with Crippen molar-refractivity contribution in [2.24, 2.45) is 10.9 Å². The molecule has 0 bridgehead atoms. The molecule has 210 valence electrons. The van der Waals surface area contributed by atoms with Crippen LogP contribution in [-0.4, -0.2) is 79.4 Å². The number of nitrogens with two attached hydrogens (primary N) is 1. The van der Waals surface area contributed by atoms with Crippen LogP contribution in [0.1, 0.15) is 29.7 Å². The average Bonchev–Trinajstić information content (AvgIpc) is 3.41. The predicted octanol–water partition coefficient (Wildman–Crippen LogP) is 5.19. The van der Waals surface area contributed by atoms with Crippen LogP contribution in [0.4, 0.5) is 5.13 Å². The van der Waals surface area contributed by atoms with Gasteiger partial charge in [0.25, 0.3) is 0 Å². The molecule has 0 saturated carbocycles. The van der Waals surface area contributed by atoms with Crippen molar-refractivity contribution < 1.29 is 14.7 Å². The number of nitrogens with zero attached hydrogens (tertiary/aromatic N) is 4. The number of oxime groups is 1. The maximum atomic E-state index is 8.73. The molecule has 1 saturated heterocycles. The van der Waals surface area contributed by atoms with E-state index in [-0.39, 0.29) is 5.84 Å². The number of rotatable bonds is 14. The number of anilines is 1. The van der Waals surface area contributed by atoms with E-state index in [0.717, 1.165) is 60.1 Å². The zero-order chi connectivity index (χ0) is 27.5. The molecule has 3 aromatic rings. The Morgan fingerprint density at radius 2 is 1.59 bits per heavy atom. The number of ether oxygens (including phenoxy) is 2. The monoisotopic (exact) mass is 569 g/mol. The smallest absolute Gasteiger partial charge is 0.185 e. The molecule has 3 N–H and O–H groups in total. The minimum Gasteiger partial charge on any atom is -0.494 e. The fourth-order valence-corrected chi connectivity index (χ4v) is 6.23. The van der Waals surface area contributed by atoms with E-state index in [2.05, 4.69) is 65.1 Å². The van der Waals surface area contributed by atoms with Crippen molar-refractivity contribution in [1.29, 1.82) is 0 Å². The van der Waals surface area contributed by atoms with Gasteiger partial charge in [0.2, 0.25) is 0 Å². The van der Waals surface area contributed by atoms with Crippen molar-refractivity contribution in [2.45, 2.75) is 25.7 Å². The third-order valence-corrected chi connectivity index (χ3v) is 8.76. The molecular formula is C29H39N5O3S2. The van der Waals surface area contributed by atoms with Crippen LogP contribution < -0.4 is 20.1 Å². The van der Waals surface area contributed by atoms with Gasteiger partial charge >= 0.3 is 0 Å². The van der Waals surface area contributed by atoms with Gasteiger partial charge in [0, 0.05) is 61.2 Å². The van der Waals surface area contributed by atoms with Gasteiger partial charge < -0.3 is 30.2 Å². The molecule has 39 heavy (non-hydrogen) atoms. The summed E-state index contributed by atoms with van der Waals surface area (Å²) in [6, 6.07) is 15.6. The minimum absolute atomic E-state index is 0.0881. The molecule has 1 aromatic heterocycles. The molecule has 2 heterocycles. The Kier molecular flexibility index (Phi) is 11.2. The molecule has 0 spiro atoms. The minimum atomic E-state index is 0.0881. The zero-order valence-electron chi connectivity index (χ0n) is 22.8. The fraction of sp³-hybridized carbons (Fsp3) is 0.448. The number of aromatic nitrogens is 1. The lowest BCUT2D eigenvalue weighted by atomic mass is 10.1. The molecule has 4 rings (SSSR count). The molecule has 1 aliphatic heterocycles. The second-order valence-electron chi connectivity index (χ2n) is 9.66. The molecule has 1 aliphatic rings. The third kappa shape index (κ3) is 8.78. The van der Waals surface area contributed by atoms with Gasteiger partial charge in [-0.05, 0) is 74.2 Å². The number of benzene rings is 2. The highest BCUT2D eigenvalue weighted by Gasteiger charge is 2.17. The number of thioether (sulfide) groups is 1. The Morgan fingerprint density at radius 1 is 0.974 bits per heavy atom. The second kappa shape index (κ2) is 15.0. The van der Waals surface area contributed by atoms with E-state index >= 15 is 0 Å². The average molecular weight is 570 g/mol. The summed E-state index contributed by atoms with van der Waals surface area (Å²) in [6.45, 7) is 4.78. The molecule has 0 amide bonds. The van der Waals surface area contributed by atoms with Crippen LogP contribution >= 0.6 is 23.1 Å². The van der Waals surface area contributed by atoms with Crippen LogP contribution in [0.3, 0.4) is 0 Å². The van der Waals surface area contributed by atoms with Gasteiger partial charge in [-0.2, -0.15) is 11.8 Å². The van der Waals surface area contributed by atoms with Gasteiger partial charge in [-0.25, -0.2) is 4.98 Å². The lowest BCUT2D eigenvalue weighted by molar-refractivity contribution is 0.279. The summed E-state index contributed by atoms with van der Waals surface area (Å²) in [7, 11) is 4.11. The first-order chi connectivity index (χ1) is 19.0. The molecule has 8 nitrogen and oxygen atoms in total. The lowest BCUT2D eigenvalue weighted by Gasteiger charge is -2.25. The van der Waals surface area contributed by atoms with Crippen molar-refractivity contribution >= 4 is 34.1 Å². The number of amidine groups is 1. The zero-order valence-corrected chi connectivity index (χ0v) is 24.5. The van der Waals surface area contributed by atoms with Crippen LogP contribution in [0.2, 0.25) is 0 Å². The summed E-state index contributed by atoms with van der Waals surface area (Å²) < 4.78 is 11.8. The molecule has 0 unspecified atom stereocenters. The summed E-state index contributed by atoms with van der Waals surface area (Å²) in [6.07, 6.45) is 3.96. The highest BCUT2D eigenvalue weighted by atomic mass is 32.2. The highest BCUT2D eigenvalue weighted by Crippen LogP contribution is 2.34. The van der Waals surface area contributed by atoms with E-state index in [1.54, 1.807) is 23.5 Å². The SMILES string of the molecule is CN(C)c1nc(-c2ccc(OCCCCCOc3ccc(C(N)=NO)cc3)cc2)c(CCN2CCSCC2)s1. The maximum absolute atomic E-state index is 8.73. The van der Waals surface area contributed by atoms with Gasteiger partial charge in [0.05, 0.1) is 18.9 Å². The number of unbranched alkanes of at least 4 members (excludes halogenated alkanes) is 2. The van der Waals surface area contributed by atoms with Crippen LogP contribution in [-0.2, 0) is 6.42 Å². The van der Waals surface area contributed by atoms with E-state index in [0.29, 0.717) is 18.8 Å². The molecule has 2 aromatic carbocycles. The summed E-state index contributed by atoms with van der Waals surface area (Å²) in [5.74, 6) is 4.22. The Bertz CT molecular complexity index is 1180. The van der Waals surface area contributed by atoms with Crippen molar-refractivity contribution in [2.75, 3.05) is 63.3 Å². The number of hydrogen-bond donors (Lipinski definition) is 2. The van der Waals surface area contributed by atoms with Crippen LogP contribution in [0.15, 0.2) is 53.7 Å². The first kappa shape index (κ1) is 29.0. The van der Waals surface area contributed by atoms with Gasteiger partial charge in [-0.1, -0.05) is 5.16 Å². The van der Waals surface area contributed by atoms with Crippen molar-refractivity contribution in [3.8, 4) is 22.8 Å². The standard InChI is InChI=1S/C29H39N5O3S2/c1-33(2)29-31-27(26(39-29)14-15-34-16-20-38-21-17-34)22-6-10-24(11-7-22)36-18-4-3-5-19-37-25-12-8-23(9-13-25)28(30)32-35/h6-13,35H,3-5,14-21H2,1-2H3,(H2,30,32). The summed E-state index contributed by atoms with van der Waals surface area (Å²) in [4.78, 5) is 11.0. The summed E-state index contributed by atoms with van der Waals surface area (Å²) >= 11 is 3.86. The quantitative estimate of drug-likeness (QED) is 0.0900. The molecule has 0 atom stereocenters. The van der Waals surface area contributed by atoms with Crippen LogP contribution in [0.5, 0.6) is 11.5 Å². The molecule has 10 heteroatoms. The van der Waals surface area contributed by atoms with E-state index in [1.807, 2.05) is 12.1 Å². The van der Waals surface area contributed by atoms with Crippen LogP contribution in [0, 0.1) is 0 Å². The van der Waals surface area contributed by atoms with Gasteiger partial charge in [-0.3, -0.25) is 0 Å². The van der Waals surface area contributed by atoms with E-state index in [9.17, 15) is 0 Å². The first-order valence-electron chi connectivity index (χ1n) is 13.4. The largest absolute Gasteiger partial charge is 0.494 e. The Hall–Kier alpha value is -2.95. The maximum Gasteiger partial charge on any atom is 0.185 e. The topological polar surface area (TPSA) is 96.4 Å². The summed E-state index contributed by atoms with van der Waals surface area (Å²) in [5.41, 5.74) is 8.49. The Labute approximate surface area is 239 Å². The third-order valence-electron chi connectivity index (χ3n) is 6.54. The lowest BCUT2D eigenvalue weighted by Crippen LogP contribution is -2.34. The van der Waals surface area contributed by atoms with Crippen molar-refractivity contribution in [3.05, 3.63) is 59.0 Å². The van der Waals surface area contributed by atoms with Crippen LogP contribution in [0.25, 0.3) is 11.3 Å². The second-order valence-corrected chi connectivity index (χ2v) is 11.9. The van der Waals surface area contributed by atoms with Gasteiger partial charge in [-0.15, -0.1) is 11.3 Å². The number of thiazole rings is 1. The molecule has 0 radical (unpaired) electrons. The van der Waals surface area contributed by atoms with E-state index in [4.69, 9.17) is 25.4 Å². The summed E-state index contributed by atoms with van der Waals surface area (Å²) in [5, 5.41) is 12.8. The molecule has 1 fully saturated rings. The molecular weight excluding hydrogens is 530 g/mol. The molecule has 0 aliphatic carbocycles. The normalized spacial score (nSPS) is 14.4. The van der Waals surface area contributed by atoms with E-state index < -0.39 is 0 Å². The fourth-order valence-electron chi connectivity index (χ4n) is 4.26. The van der Waals surface area contributed by atoms with Gasteiger partial charge in [0.1, 0.15) is 11.5 Å².